The number of nitrogens with zero attached hydrogens (tertiary/aromatic N) is 2. The molecule has 38 heavy (non-hydrogen) atoms. The number of aromatic nitrogens is 3. The van der Waals surface area contributed by atoms with E-state index in [1.165, 1.54) is 0 Å². The number of hydrogen-bond acceptors (Lipinski definition) is 4. The molecule has 184 valence electrons. The zero-order valence-corrected chi connectivity index (χ0v) is 20.5. The van der Waals surface area contributed by atoms with Gasteiger partial charge in [-0.2, -0.15) is 0 Å². The number of anilines is 2. The lowest BCUT2D eigenvalue weighted by Gasteiger charge is -2.10. The third-order valence-electron chi connectivity index (χ3n) is 6.55. The molecule has 0 radical (unpaired) electrons. The van der Waals surface area contributed by atoms with Gasteiger partial charge in [-0.25, -0.2) is 0 Å². The van der Waals surface area contributed by atoms with Crippen LogP contribution in [0.15, 0.2) is 97.6 Å². The molecule has 0 saturated carbocycles. The second-order valence-electron chi connectivity index (χ2n) is 8.95. The third kappa shape index (κ3) is 4.16. The second-order valence-corrected chi connectivity index (χ2v) is 8.95. The number of carbonyl (C=O) groups excluding carboxylic acids is 2. The van der Waals surface area contributed by atoms with E-state index in [9.17, 15) is 9.59 Å². The first-order valence-corrected chi connectivity index (χ1v) is 12.2. The Bertz CT molecular complexity index is 1690. The van der Waals surface area contributed by atoms with E-state index in [2.05, 4.69) is 25.6 Å². The molecule has 0 aliphatic carbocycles. The van der Waals surface area contributed by atoms with Crippen LogP contribution in [0.3, 0.4) is 0 Å². The average molecular weight is 498 g/mol. The van der Waals surface area contributed by atoms with E-state index < -0.39 is 0 Å². The lowest BCUT2D eigenvalue weighted by atomic mass is 9.93. The first-order chi connectivity index (χ1) is 18.6. The summed E-state index contributed by atoms with van der Waals surface area (Å²) in [6.45, 7) is 1.86. The molecule has 7 nitrogen and oxygen atoms in total. The maximum absolute atomic E-state index is 13.5. The van der Waals surface area contributed by atoms with Gasteiger partial charge in [-0.15, -0.1) is 0 Å². The van der Waals surface area contributed by atoms with Crippen molar-refractivity contribution in [2.24, 2.45) is 0 Å². The molecule has 0 saturated heterocycles. The number of pyridine rings is 2. The smallest absolute Gasteiger partial charge is 0.258 e. The Morgan fingerprint density at radius 1 is 0.816 bits per heavy atom. The molecule has 0 fully saturated rings. The molecular formula is C31H23N5O2. The quantitative estimate of drug-likeness (QED) is 0.252. The van der Waals surface area contributed by atoms with E-state index >= 15 is 0 Å². The maximum atomic E-state index is 13.5. The summed E-state index contributed by atoms with van der Waals surface area (Å²) in [5.74, 6) is -0.447. The van der Waals surface area contributed by atoms with Gasteiger partial charge < -0.3 is 15.6 Å². The van der Waals surface area contributed by atoms with Gasteiger partial charge in [0.05, 0.1) is 11.1 Å². The summed E-state index contributed by atoms with van der Waals surface area (Å²) < 4.78 is 0. The number of hydrogen-bond donors (Lipinski definition) is 3. The van der Waals surface area contributed by atoms with E-state index in [0.717, 1.165) is 33.5 Å². The minimum Gasteiger partial charge on any atom is -0.358 e. The van der Waals surface area contributed by atoms with Crippen LogP contribution < -0.4 is 10.6 Å². The van der Waals surface area contributed by atoms with Crippen LogP contribution in [0.25, 0.3) is 33.9 Å². The minimum absolute atomic E-state index is 0.199. The molecule has 0 spiro atoms. The van der Waals surface area contributed by atoms with Gasteiger partial charge in [-0.1, -0.05) is 42.5 Å². The highest BCUT2D eigenvalue weighted by atomic mass is 16.2. The molecular weight excluding hydrogens is 474 g/mol. The van der Waals surface area contributed by atoms with Crippen LogP contribution in [0.4, 0.5) is 11.4 Å². The first kappa shape index (κ1) is 23.1. The second kappa shape index (κ2) is 9.63. The maximum Gasteiger partial charge on any atom is 0.258 e. The number of benzene rings is 2. The van der Waals surface area contributed by atoms with Crippen LogP contribution in [0, 0.1) is 6.92 Å². The summed E-state index contributed by atoms with van der Waals surface area (Å²) in [6.07, 6.45) is 8.56. The number of nitrogens with one attached hydrogen (secondary N) is 3. The highest BCUT2D eigenvalue weighted by Gasteiger charge is 2.29. The van der Waals surface area contributed by atoms with E-state index in [4.69, 9.17) is 0 Å². The van der Waals surface area contributed by atoms with Gasteiger partial charge in [0.15, 0.2) is 0 Å². The predicted octanol–water partition coefficient (Wildman–Crippen LogP) is 6.19. The van der Waals surface area contributed by atoms with Crippen molar-refractivity contribution in [3.63, 3.8) is 0 Å². The predicted molar refractivity (Wildman–Crippen MR) is 149 cm³/mol. The Balaban J connectivity index is 1.52. The number of aryl methyl sites for hydroxylation is 1. The van der Waals surface area contributed by atoms with Gasteiger partial charge in [0.2, 0.25) is 0 Å². The summed E-state index contributed by atoms with van der Waals surface area (Å²) in [5.41, 5.74) is 8.10. The van der Waals surface area contributed by atoms with E-state index in [1.807, 2.05) is 73.7 Å². The van der Waals surface area contributed by atoms with E-state index in [1.54, 1.807) is 36.9 Å². The lowest BCUT2D eigenvalue weighted by Crippen LogP contribution is -2.13. The number of carbonyl (C=O) groups is 2. The van der Waals surface area contributed by atoms with E-state index in [-0.39, 0.29) is 11.8 Å². The molecule has 1 aliphatic rings. The number of fused-ring (bicyclic) bond motifs is 1. The zero-order valence-electron chi connectivity index (χ0n) is 20.5. The Labute approximate surface area is 219 Å². The lowest BCUT2D eigenvalue weighted by molar-refractivity contribution is -0.110. The van der Waals surface area contributed by atoms with Crippen LogP contribution in [0.1, 0.15) is 27.3 Å². The van der Waals surface area contributed by atoms with Crippen molar-refractivity contribution in [3.05, 3.63) is 120 Å². The standard InChI is InChI=1S/C31H23N5O2/c1-19-27(31(38)35-22-12-16-33-17-13-22)28(21-6-3-2-4-7-21)26(34-19)18-24-29-23(20-10-14-32-15-11-20)8-5-9-25(29)36-30(24)37/h2-18,34H,1H3,(H,36,37)(H,33,35,38). The first-order valence-electron chi connectivity index (χ1n) is 12.2. The molecule has 2 aromatic carbocycles. The van der Waals surface area contributed by atoms with Crippen molar-refractivity contribution >= 4 is 34.8 Å². The van der Waals surface area contributed by atoms with Gasteiger partial charge in [0.25, 0.3) is 11.8 Å². The van der Waals surface area contributed by atoms with Gasteiger partial charge in [-0.3, -0.25) is 19.6 Å². The number of amides is 2. The fourth-order valence-electron chi connectivity index (χ4n) is 4.88. The van der Waals surface area contributed by atoms with Crippen molar-refractivity contribution < 1.29 is 9.59 Å². The summed E-state index contributed by atoms with van der Waals surface area (Å²) in [4.78, 5) is 38.3. The topological polar surface area (TPSA) is 99.8 Å². The Hall–Kier alpha value is -5.30. The summed E-state index contributed by atoms with van der Waals surface area (Å²) >= 11 is 0. The Morgan fingerprint density at radius 3 is 2.26 bits per heavy atom. The van der Waals surface area contributed by atoms with Crippen molar-refractivity contribution in [1.82, 2.24) is 15.0 Å². The molecule has 5 aromatic rings. The molecule has 4 heterocycles. The normalized spacial score (nSPS) is 13.3. The molecule has 7 heteroatoms. The van der Waals surface area contributed by atoms with Crippen LogP contribution in [0.5, 0.6) is 0 Å². The largest absolute Gasteiger partial charge is 0.358 e. The highest BCUT2D eigenvalue weighted by molar-refractivity contribution is 6.36. The zero-order chi connectivity index (χ0) is 26.1. The van der Waals surface area contributed by atoms with Crippen molar-refractivity contribution in [2.45, 2.75) is 6.92 Å². The molecule has 1 aliphatic heterocycles. The molecule has 2 amide bonds. The SMILES string of the molecule is Cc1[nH]c(C=C2C(=O)Nc3cccc(-c4ccncc4)c32)c(-c2ccccc2)c1C(=O)Nc1ccncc1. The third-order valence-corrected chi connectivity index (χ3v) is 6.55. The molecule has 6 rings (SSSR count). The van der Waals surface area contributed by atoms with Crippen LogP contribution in [-0.2, 0) is 4.79 Å². The monoisotopic (exact) mass is 497 g/mol. The number of H-pyrrole nitrogens is 1. The van der Waals surface area contributed by atoms with Gasteiger partial charge in [0.1, 0.15) is 0 Å². The fraction of sp³-hybridized carbons (Fsp3) is 0.0323. The molecule has 0 unspecified atom stereocenters. The molecule has 0 bridgehead atoms. The van der Waals surface area contributed by atoms with Gasteiger partial charge in [-0.05, 0) is 60.0 Å². The Morgan fingerprint density at radius 2 is 1.53 bits per heavy atom. The molecule has 3 aromatic heterocycles. The van der Waals surface area contributed by atoms with Crippen molar-refractivity contribution in [2.75, 3.05) is 10.6 Å². The van der Waals surface area contributed by atoms with Gasteiger partial charge in [0, 0.05) is 58.7 Å². The number of rotatable bonds is 5. The van der Waals surface area contributed by atoms with Crippen LogP contribution in [-0.4, -0.2) is 26.8 Å². The van der Waals surface area contributed by atoms with Crippen molar-refractivity contribution in [3.8, 4) is 22.3 Å². The van der Waals surface area contributed by atoms with Crippen LogP contribution in [0.2, 0.25) is 0 Å². The summed E-state index contributed by atoms with van der Waals surface area (Å²) in [7, 11) is 0. The average Bonchev–Trinajstić information content (AvgIpc) is 3.45. The molecule has 3 N–H and O–H groups in total. The van der Waals surface area contributed by atoms with Crippen molar-refractivity contribution in [1.29, 1.82) is 0 Å². The minimum atomic E-state index is -0.248. The summed E-state index contributed by atoms with van der Waals surface area (Å²) in [6, 6.07) is 22.8. The highest BCUT2D eigenvalue weighted by Crippen LogP contribution is 2.42. The molecule has 0 atom stereocenters. The number of aromatic amines is 1. The van der Waals surface area contributed by atoms with Crippen LogP contribution >= 0.6 is 0 Å². The fourth-order valence-corrected chi connectivity index (χ4v) is 4.88. The summed E-state index contributed by atoms with van der Waals surface area (Å²) in [5, 5.41) is 5.96. The Kier molecular flexibility index (Phi) is 5.86. The van der Waals surface area contributed by atoms with Gasteiger partial charge >= 0.3 is 0 Å². The van der Waals surface area contributed by atoms with E-state index in [0.29, 0.717) is 28.2 Å².